The van der Waals surface area contributed by atoms with Gasteiger partial charge in [-0.25, -0.2) is 0 Å². The van der Waals surface area contributed by atoms with E-state index in [1.807, 2.05) is 5.32 Å². The van der Waals surface area contributed by atoms with E-state index in [4.69, 9.17) is 26.8 Å². The zero-order valence-electron chi connectivity index (χ0n) is 27.4. The standard InChI is InChI=1S/3C8H18.C6H6O3S.C2H7N5/c3*1-3-5-7-8-6-4-2;7-10(8,9)6-4-2-1-3-5-6;3-1(4)7-2(5)6/h3*3-8H2,1-2H3;1-5H,(H,7,8,9);(H7,3,4,5,6,7). The normalized spacial score (nSPS) is 9.73. The number of nitrogens with one attached hydrogen (secondary N) is 3. The fourth-order valence-electron chi connectivity index (χ4n) is 3.30. The number of hydrogen-bond donors (Lipinski definition) is 6. The zero-order valence-corrected chi connectivity index (χ0v) is 28.3. The molecule has 1 rings (SSSR count). The number of nitrogens with two attached hydrogens (primary N) is 2. The van der Waals surface area contributed by atoms with E-state index in [1.54, 1.807) is 18.2 Å². The lowest BCUT2D eigenvalue weighted by Gasteiger charge is -1.95. The van der Waals surface area contributed by atoms with Gasteiger partial charge in [0.2, 0.25) is 0 Å². The lowest BCUT2D eigenvalue weighted by molar-refractivity contribution is 0.483. The molecule has 1 aromatic carbocycles. The van der Waals surface area contributed by atoms with Gasteiger partial charge in [-0.15, -0.1) is 0 Å². The maximum Gasteiger partial charge on any atom is 0.294 e. The summed E-state index contributed by atoms with van der Waals surface area (Å²) in [6.45, 7) is 13.5. The Bertz CT molecular complexity index is 701. The van der Waals surface area contributed by atoms with E-state index in [2.05, 4.69) is 41.5 Å². The van der Waals surface area contributed by atoms with Gasteiger partial charge in [-0.3, -0.25) is 20.7 Å². The second-order valence-corrected chi connectivity index (χ2v) is 11.4. The molecule has 0 spiro atoms. The van der Waals surface area contributed by atoms with Gasteiger partial charge in [0.25, 0.3) is 10.1 Å². The lowest BCUT2D eigenvalue weighted by atomic mass is 10.1. The minimum absolute atomic E-state index is 0.0741. The summed E-state index contributed by atoms with van der Waals surface area (Å²) in [6.07, 6.45) is 25.5. The first-order valence-electron chi connectivity index (χ1n) is 16.0. The third kappa shape index (κ3) is 51.1. The molecule has 244 valence electrons. The number of benzene rings is 1. The molecule has 9 heteroatoms. The van der Waals surface area contributed by atoms with Gasteiger partial charge in [-0.05, 0) is 12.1 Å². The molecule has 0 saturated heterocycles. The zero-order chi connectivity index (χ0) is 32.2. The Kier molecular flexibility index (Phi) is 42.3. The minimum Gasteiger partial charge on any atom is -0.370 e. The second kappa shape index (κ2) is 37.9. The van der Waals surface area contributed by atoms with Gasteiger partial charge in [0.15, 0.2) is 11.9 Å². The topological polar surface area (TPSA) is 166 Å². The molecule has 0 bridgehead atoms. The summed E-state index contributed by atoms with van der Waals surface area (Å²) in [5.41, 5.74) is 9.49. The van der Waals surface area contributed by atoms with Crippen molar-refractivity contribution in [3.8, 4) is 0 Å². The number of guanidine groups is 2. The van der Waals surface area contributed by atoms with Crippen LogP contribution in [-0.4, -0.2) is 24.9 Å². The highest BCUT2D eigenvalue weighted by Crippen LogP contribution is 2.06. The van der Waals surface area contributed by atoms with Crippen LogP contribution < -0.4 is 16.8 Å². The fraction of sp³-hybridized carbons (Fsp3) is 0.750. The first-order chi connectivity index (χ1) is 19.5. The second-order valence-electron chi connectivity index (χ2n) is 9.98. The van der Waals surface area contributed by atoms with Crippen LogP contribution >= 0.6 is 0 Å². The number of unbranched alkanes of at least 4 members (excludes halogenated alkanes) is 15. The van der Waals surface area contributed by atoms with E-state index in [1.165, 1.54) is 128 Å². The predicted octanol–water partition coefficient (Wildman–Crippen LogP) is 9.40. The molecule has 0 heterocycles. The molecular weight excluding hydrogens is 534 g/mol. The van der Waals surface area contributed by atoms with Gasteiger partial charge in [0.05, 0.1) is 4.90 Å². The molecule has 0 aliphatic carbocycles. The summed E-state index contributed by atoms with van der Waals surface area (Å²) < 4.78 is 29.2. The average Bonchev–Trinajstić information content (AvgIpc) is 2.92. The van der Waals surface area contributed by atoms with E-state index in [9.17, 15) is 8.42 Å². The SMILES string of the molecule is CCCCCCCC.CCCCCCCC.CCCCCCCC.N=C(N)NC(=N)N.O=S(=O)(O)c1ccccc1. The molecule has 0 saturated carbocycles. The maximum absolute atomic E-state index is 10.4. The van der Waals surface area contributed by atoms with Crippen LogP contribution in [0, 0.1) is 10.8 Å². The molecular formula is C32H67N5O3S. The van der Waals surface area contributed by atoms with E-state index in [0.29, 0.717) is 0 Å². The summed E-state index contributed by atoms with van der Waals surface area (Å²) >= 11 is 0. The van der Waals surface area contributed by atoms with Gasteiger partial charge in [0, 0.05) is 0 Å². The molecule has 8 N–H and O–H groups in total. The van der Waals surface area contributed by atoms with Gasteiger partial charge in [-0.1, -0.05) is 175 Å². The third-order valence-corrected chi connectivity index (χ3v) is 6.55. The molecule has 0 unspecified atom stereocenters. The summed E-state index contributed by atoms with van der Waals surface area (Å²) in [7, 11) is -4.00. The summed E-state index contributed by atoms with van der Waals surface area (Å²) in [4.78, 5) is -0.0741. The van der Waals surface area contributed by atoms with Crippen molar-refractivity contribution < 1.29 is 13.0 Å². The minimum atomic E-state index is -4.00. The summed E-state index contributed by atoms with van der Waals surface area (Å²) in [5.74, 6) is -0.625. The Labute approximate surface area is 254 Å². The summed E-state index contributed by atoms with van der Waals surface area (Å²) in [6, 6.07) is 7.42. The highest BCUT2D eigenvalue weighted by Gasteiger charge is 2.05. The van der Waals surface area contributed by atoms with Crippen LogP contribution in [0.25, 0.3) is 0 Å². The highest BCUT2D eigenvalue weighted by atomic mass is 32.2. The van der Waals surface area contributed by atoms with Crippen LogP contribution in [0.2, 0.25) is 0 Å². The molecule has 0 radical (unpaired) electrons. The van der Waals surface area contributed by atoms with Crippen LogP contribution in [0.1, 0.15) is 157 Å². The summed E-state index contributed by atoms with van der Waals surface area (Å²) in [5, 5.41) is 15.0. The molecule has 0 fully saturated rings. The van der Waals surface area contributed by atoms with E-state index in [-0.39, 0.29) is 16.8 Å². The number of hydrogen-bond acceptors (Lipinski definition) is 4. The molecule has 0 aliphatic heterocycles. The Morgan fingerprint density at radius 2 is 0.829 bits per heavy atom. The predicted molar refractivity (Wildman–Crippen MR) is 180 cm³/mol. The van der Waals surface area contributed by atoms with Crippen LogP contribution in [0.15, 0.2) is 35.2 Å². The molecule has 1 aromatic rings. The molecule has 8 nitrogen and oxygen atoms in total. The van der Waals surface area contributed by atoms with Crippen LogP contribution in [0.4, 0.5) is 0 Å². The van der Waals surface area contributed by atoms with Gasteiger partial charge < -0.3 is 11.5 Å². The Morgan fingerprint density at radius 1 is 0.585 bits per heavy atom. The van der Waals surface area contributed by atoms with Crippen molar-refractivity contribution >= 4 is 22.0 Å². The van der Waals surface area contributed by atoms with Crippen LogP contribution in [0.3, 0.4) is 0 Å². The average molecular weight is 602 g/mol. The van der Waals surface area contributed by atoms with Crippen molar-refractivity contribution in [2.24, 2.45) is 11.5 Å². The van der Waals surface area contributed by atoms with Crippen molar-refractivity contribution in [3.05, 3.63) is 30.3 Å². The molecule has 41 heavy (non-hydrogen) atoms. The largest absolute Gasteiger partial charge is 0.370 e. The smallest absolute Gasteiger partial charge is 0.294 e. The Morgan fingerprint density at radius 3 is 0.951 bits per heavy atom. The van der Waals surface area contributed by atoms with Crippen molar-refractivity contribution in [3.63, 3.8) is 0 Å². The quantitative estimate of drug-likeness (QED) is 0.0477. The first kappa shape index (κ1) is 45.8. The van der Waals surface area contributed by atoms with Crippen molar-refractivity contribution in [1.82, 2.24) is 5.32 Å². The first-order valence-corrected chi connectivity index (χ1v) is 17.4. The van der Waals surface area contributed by atoms with Gasteiger partial charge in [0.1, 0.15) is 0 Å². The van der Waals surface area contributed by atoms with E-state index >= 15 is 0 Å². The van der Waals surface area contributed by atoms with E-state index < -0.39 is 10.1 Å². The van der Waals surface area contributed by atoms with Gasteiger partial charge in [-0.2, -0.15) is 8.42 Å². The Balaban J connectivity index is -0.000000210. The molecule has 0 aliphatic rings. The van der Waals surface area contributed by atoms with E-state index in [0.717, 1.165) is 0 Å². The maximum atomic E-state index is 10.4. The molecule has 0 atom stereocenters. The Hall–Kier alpha value is -2.13. The highest BCUT2D eigenvalue weighted by molar-refractivity contribution is 7.85. The monoisotopic (exact) mass is 601 g/mol. The molecule has 0 amide bonds. The van der Waals surface area contributed by atoms with Crippen LogP contribution in [-0.2, 0) is 10.1 Å². The van der Waals surface area contributed by atoms with Crippen LogP contribution in [0.5, 0.6) is 0 Å². The van der Waals surface area contributed by atoms with Crippen molar-refractivity contribution in [1.29, 1.82) is 10.8 Å². The number of rotatable bonds is 16. The van der Waals surface area contributed by atoms with Gasteiger partial charge >= 0.3 is 0 Å². The lowest BCUT2D eigenvalue weighted by Crippen LogP contribution is -2.39. The third-order valence-electron chi connectivity index (χ3n) is 5.68. The van der Waals surface area contributed by atoms with Crippen molar-refractivity contribution in [2.75, 3.05) is 0 Å². The van der Waals surface area contributed by atoms with Crippen molar-refractivity contribution in [2.45, 2.75) is 162 Å². The molecule has 0 aromatic heterocycles. The fourth-order valence-corrected chi connectivity index (χ4v) is 3.80.